The summed E-state index contributed by atoms with van der Waals surface area (Å²) in [7, 11) is 0. The Morgan fingerprint density at radius 2 is 2.05 bits per heavy atom. The number of carbonyl (C=O) groups excluding carboxylic acids is 1. The summed E-state index contributed by atoms with van der Waals surface area (Å²) in [6.45, 7) is 5.34. The van der Waals surface area contributed by atoms with Crippen molar-refractivity contribution in [1.29, 1.82) is 0 Å². The van der Waals surface area contributed by atoms with Gasteiger partial charge < -0.3 is 10.4 Å². The van der Waals surface area contributed by atoms with Crippen LogP contribution < -0.4 is 10.9 Å². The minimum absolute atomic E-state index is 0.276. The van der Waals surface area contributed by atoms with E-state index in [-0.39, 0.29) is 23.7 Å². The second-order valence-corrected chi connectivity index (χ2v) is 4.81. The highest BCUT2D eigenvalue weighted by Crippen LogP contribution is 2.06. The molecule has 1 amide bonds. The van der Waals surface area contributed by atoms with E-state index in [1.165, 1.54) is 0 Å². The smallest absolute Gasteiger partial charge is 0.356 e. The lowest BCUT2D eigenvalue weighted by Gasteiger charge is -2.24. The minimum Gasteiger partial charge on any atom is -0.476 e. The second kappa shape index (κ2) is 5.64. The lowest BCUT2D eigenvalue weighted by molar-refractivity contribution is -0.123. The van der Waals surface area contributed by atoms with Crippen molar-refractivity contribution in [2.45, 2.75) is 39.3 Å². The summed E-state index contributed by atoms with van der Waals surface area (Å²) in [6.07, 6.45) is 0.732. The highest BCUT2D eigenvalue weighted by atomic mass is 16.4. The van der Waals surface area contributed by atoms with Crippen LogP contribution in [0.3, 0.4) is 0 Å². The Hall–Kier alpha value is -2.18. The fourth-order valence-electron chi connectivity index (χ4n) is 1.32. The summed E-state index contributed by atoms with van der Waals surface area (Å²) in [5.74, 6) is -1.63. The van der Waals surface area contributed by atoms with Gasteiger partial charge in [-0.3, -0.25) is 9.59 Å². The Kier molecular flexibility index (Phi) is 4.42. The molecule has 1 rings (SSSR count). The van der Waals surface area contributed by atoms with E-state index in [0.717, 1.165) is 23.2 Å². The SMILES string of the molecule is CCC(C)(C)NC(=O)Cn1nc(C(=O)O)ccc1=O. The molecule has 0 aliphatic heterocycles. The van der Waals surface area contributed by atoms with Crippen LogP contribution in [-0.2, 0) is 11.3 Å². The van der Waals surface area contributed by atoms with Crippen molar-refractivity contribution in [1.82, 2.24) is 15.1 Å². The van der Waals surface area contributed by atoms with Gasteiger partial charge in [0.1, 0.15) is 6.54 Å². The number of aromatic nitrogens is 2. The quantitative estimate of drug-likeness (QED) is 0.796. The molecule has 1 aromatic rings. The Labute approximate surface area is 110 Å². The lowest BCUT2D eigenvalue weighted by atomic mass is 10.0. The summed E-state index contributed by atoms with van der Waals surface area (Å²) >= 11 is 0. The third kappa shape index (κ3) is 4.20. The summed E-state index contributed by atoms with van der Waals surface area (Å²) in [4.78, 5) is 34.0. The predicted molar refractivity (Wildman–Crippen MR) is 68.0 cm³/mol. The van der Waals surface area contributed by atoms with Gasteiger partial charge in [0.25, 0.3) is 5.56 Å². The van der Waals surface area contributed by atoms with Gasteiger partial charge >= 0.3 is 5.97 Å². The molecule has 2 N–H and O–H groups in total. The largest absolute Gasteiger partial charge is 0.476 e. The minimum atomic E-state index is -1.25. The third-order valence-electron chi connectivity index (χ3n) is 2.74. The first kappa shape index (κ1) is 14.9. The third-order valence-corrected chi connectivity index (χ3v) is 2.74. The molecule has 0 aliphatic rings. The van der Waals surface area contributed by atoms with Crippen LogP contribution in [0.2, 0.25) is 0 Å². The molecule has 0 saturated carbocycles. The molecule has 7 heteroatoms. The maximum Gasteiger partial charge on any atom is 0.356 e. The van der Waals surface area contributed by atoms with Gasteiger partial charge in [-0.05, 0) is 26.3 Å². The number of aromatic carboxylic acids is 1. The standard InChI is InChI=1S/C12H17N3O4/c1-4-12(2,3)13-9(16)7-15-10(17)6-5-8(14-15)11(18)19/h5-6H,4,7H2,1-3H3,(H,13,16)(H,18,19). The monoisotopic (exact) mass is 267 g/mol. The van der Waals surface area contributed by atoms with Gasteiger partial charge in [0.05, 0.1) is 0 Å². The zero-order valence-corrected chi connectivity index (χ0v) is 11.1. The van der Waals surface area contributed by atoms with Crippen molar-refractivity contribution >= 4 is 11.9 Å². The molecular weight excluding hydrogens is 250 g/mol. The normalized spacial score (nSPS) is 11.1. The molecule has 104 valence electrons. The molecular formula is C12H17N3O4. The molecule has 0 bridgehead atoms. The van der Waals surface area contributed by atoms with Crippen LogP contribution in [0.25, 0.3) is 0 Å². The van der Waals surface area contributed by atoms with Crippen molar-refractivity contribution < 1.29 is 14.7 Å². The fraction of sp³-hybridized carbons (Fsp3) is 0.500. The molecule has 0 atom stereocenters. The van der Waals surface area contributed by atoms with Gasteiger partial charge in [0.15, 0.2) is 5.69 Å². The van der Waals surface area contributed by atoms with Crippen LogP contribution in [-0.4, -0.2) is 32.3 Å². The van der Waals surface area contributed by atoms with Crippen LogP contribution in [0.1, 0.15) is 37.7 Å². The van der Waals surface area contributed by atoms with Crippen molar-refractivity contribution in [3.8, 4) is 0 Å². The van der Waals surface area contributed by atoms with E-state index in [4.69, 9.17) is 5.11 Å². The molecule has 0 saturated heterocycles. The highest BCUT2D eigenvalue weighted by molar-refractivity contribution is 5.85. The van der Waals surface area contributed by atoms with E-state index in [9.17, 15) is 14.4 Å². The summed E-state index contributed by atoms with van der Waals surface area (Å²) in [5.41, 5.74) is -1.18. The summed E-state index contributed by atoms with van der Waals surface area (Å²) in [6, 6.07) is 2.18. The number of amides is 1. The van der Waals surface area contributed by atoms with Crippen molar-refractivity contribution in [3.63, 3.8) is 0 Å². The van der Waals surface area contributed by atoms with Crippen molar-refractivity contribution in [2.75, 3.05) is 0 Å². The maximum atomic E-state index is 11.8. The van der Waals surface area contributed by atoms with Crippen LogP contribution in [0.4, 0.5) is 0 Å². The molecule has 7 nitrogen and oxygen atoms in total. The van der Waals surface area contributed by atoms with Crippen LogP contribution in [0, 0.1) is 0 Å². The molecule has 0 aliphatic carbocycles. The molecule has 0 fully saturated rings. The number of carbonyl (C=O) groups is 2. The first-order valence-electron chi connectivity index (χ1n) is 5.87. The van der Waals surface area contributed by atoms with Gasteiger partial charge in [-0.1, -0.05) is 6.92 Å². The van der Waals surface area contributed by atoms with Gasteiger partial charge in [-0.2, -0.15) is 5.10 Å². The van der Waals surface area contributed by atoms with Gasteiger partial charge in [0.2, 0.25) is 5.91 Å². The number of nitrogens with zero attached hydrogens (tertiary/aromatic N) is 2. The Bertz CT molecular complexity index is 548. The number of carboxylic acid groups (broad SMARTS) is 1. The molecule has 19 heavy (non-hydrogen) atoms. The van der Waals surface area contributed by atoms with E-state index in [1.54, 1.807) is 0 Å². The number of carboxylic acids is 1. The van der Waals surface area contributed by atoms with E-state index < -0.39 is 11.5 Å². The molecule has 0 radical (unpaired) electrons. The van der Waals surface area contributed by atoms with E-state index >= 15 is 0 Å². The van der Waals surface area contributed by atoms with E-state index in [1.807, 2.05) is 20.8 Å². The van der Waals surface area contributed by atoms with Crippen molar-refractivity contribution in [3.05, 3.63) is 28.2 Å². The van der Waals surface area contributed by atoms with Crippen molar-refractivity contribution in [2.24, 2.45) is 0 Å². The Balaban J connectivity index is 2.88. The first-order chi connectivity index (χ1) is 8.75. The zero-order valence-electron chi connectivity index (χ0n) is 11.1. The molecule has 0 unspecified atom stereocenters. The maximum absolute atomic E-state index is 11.8. The van der Waals surface area contributed by atoms with Crippen LogP contribution in [0.5, 0.6) is 0 Å². The summed E-state index contributed by atoms with van der Waals surface area (Å²) < 4.78 is 0.838. The van der Waals surface area contributed by atoms with Gasteiger partial charge in [0, 0.05) is 11.6 Å². The Morgan fingerprint density at radius 1 is 1.42 bits per heavy atom. The molecule has 1 aromatic heterocycles. The zero-order chi connectivity index (χ0) is 14.6. The number of hydrogen-bond acceptors (Lipinski definition) is 4. The number of nitrogens with one attached hydrogen (secondary N) is 1. The summed E-state index contributed by atoms with van der Waals surface area (Å²) in [5, 5.41) is 15.1. The molecule has 0 aromatic carbocycles. The van der Waals surface area contributed by atoms with Crippen LogP contribution in [0.15, 0.2) is 16.9 Å². The topological polar surface area (TPSA) is 101 Å². The predicted octanol–water partition coefficient (Wildman–Crippen LogP) is 0.246. The fourth-order valence-corrected chi connectivity index (χ4v) is 1.32. The van der Waals surface area contributed by atoms with Gasteiger partial charge in [-0.25, -0.2) is 9.48 Å². The van der Waals surface area contributed by atoms with E-state index in [2.05, 4.69) is 10.4 Å². The molecule has 1 heterocycles. The van der Waals surface area contributed by atoms with E-state index in [0.29, 0.717) is 0 Å². The lowest BCUT2D eigenvalue weighted by Crippen LogP contribution is -2.45. The van der Waals surface area contributed by atoms with Crippen LogP contribution >= 0.6 is 0 Å². The number of rotatable bonds is 5. The Morgan fingerprint density at radius 3 is 2.58 bits per heavy atom. The highest BCUT2D eigenvalue weighted by Gasteiger charge is 2.18. The van der Waals surface area contributed by atoms with Gasteiger partial charge in [-0.15, -0.1) is 0 Å². The first-order valence-corrected chi connectivity index (χ1v) is 5.87. The molecule has 0 spiro atoms. The number of hydrogen-bond donors (Lipinski definition) is 2. The average molecular weight is 267 g/mol. The average Bonchev–Trinajstić information content (AvgIpc) is 2.31. The second-order valence-electron chi connectivity index (χ2n) is 4.81.